The number of halogens is 3. The van der Waals surface area contributed by atoms with E-state index in [1.165, 1.54) is 24.3 Å². The van der Waals surface area contributed by atoms with Crippen LogP contribution in [0.1, 0.15) is 31.4 Å². The van der Waals surface area contributed by atoms with Crippen molar-refractivity contribution in [3.8, 4) is 5.75 Å². The Bertz CT molecular complexity index is 481. The maximum Gasteiger partial charge on any atom is 0.573 e. The molecule has 7 heteroatoms. The van der Waals surface area contributed by atoms with Gasteiger partial charge in [-0.1, -0.05) is 12.1 Å². The predicted octanol–water partition coefficient (Wildman–Crippen LogP) is 2.94. The van der Waals surface area contributed by atoms with Gasteiger partial charge in [0.25, 0.3) is 0 Å². The van der Waals surface area contributed by atoms with Crippen LogP contribution in [0.5, 0.6) is 5.75 Å². The van der Waals surface area contributed by atoms with Gasteiger partial charge < -0.3 is 14.8 Å². The molecule has 1 aromatic carbocycles. The van der Waals surface area contributed by atoms with E-state index in [4.69, 9.17) is 4.74 Å². The first-order chi connectivity index (χ1) is 9.85. The highest BCUT2D eigenvalue weighted by Crippen LogP contribution is 2.24. The number of amides is 1. The van der Waals surface area contributed by atoms with Gasteiger partial charge in [0, 0.05) is 6.61 Å². The van der Waals surface area contributed by atoms with Crippen LogP contribution in [0.4, 0.5) is 13.2 Å². The van der Waals surface area contributed by atoms with E-state index in [1.54, 1.807) is 6.92 Å². The van der Waals surface area contributed by atoms with Crippen LogP contribution in [-0.4, -0.2) is 25.0 Å². The van der Waals surface area contributed by atoms with Gasteiger partial charge in [-0.05, 0) is 37.5 Å². The normalized spacial score (nSPS) is 20.1. The molecular weight excluding hydrogens is 287 g/mol. The van der Waals surface area contributed by atoms with Crippen molar-refractivity contribution in [3.63, 3.8) is 0 Å². The van der Waals surface area contributed by atoms with Crippen molar-refractivity contribution in [2.24, 2.45) is 0 Å². The second-order valence-corrected chi connectivity index (χ2v) is 4.85. The Morgan fingerprint density at radius 1 is 1.38 bits per heavy atom. The molecule has 116 valence electrons. The molecule has 1 aliphatic rings. The molecule has 0 aliphatic carbocycles. The average molecular weight is 303 g/mol. The Hall–Kier alpha value is -1.76. The quantitative estimate of drug-likeness (QED) is 0.930. The minimum Gasteiger partial charge on any atom is -0.406 e. The molecule has 4 nitrogen and oxygen atoms in total. The number of carbonyl (C=O) groups is 1. The highest BCUT2D eigenvalue weighted by Gasteiger charge is 2.31. The molecule has 0 radical (unpaired) electrons. The van der Waals surface area contributed by atoms with E-state index >= 15 is 0 Å². The zero-order valence-corrected chi connectivity index (χ0v) is 11.4. The maximum atomic E-state index is 12.1. The summed E-state index contributed by atoms with van der Waals surface area (Å²) in [5.41, 5.74) is 0.691. The molecule has 0 saturated carbocycles. The van der Waals surface area contributed by atoms with Gasteiger partial charge in [0.15, 0.2) is 0 Å². The monoisotopic (exact) mass is 303 g/mol. The van der Waals surface area contributed by atoms with E-state index in [9.17, 15) is 18.0 Å². The Morgan fingerprint density at radius 2 is 2.05 bits per heavy atom. The predicted molar refractivity (Wildman–Crippen MR) is 68.7 cm³/mol. The van der Waals surface area contributed by atoms with Gasteiger partial charge >= 0.3 is 6.36 Å². The molecule has 1 fully saturated rings. The zero-order valence-electron chi connectivity index (χ0n) is 11.4. The summed E-state index contributed by atoms with van der Waals surface area (Å²) >= 11 is 0. The molecule has 0 spiro atoms. The molecule has 2 rings (SSSR count). The summed E-state index contributed by atoms with van der Waals surface area (Å²) in [7, 11) is 0. The summed E-state index contributed by atoms with van der Waals surface area (Å²) < 4.78 is 45.2. The van der Waals surface area contributed by atoms with Crippen molar-refractivity contribution in [1.29, 1.82) is 0 Å². The molecule has 1 aromatic rings. The maximum absolute atomic E-state index is 12.1. The summed E-state index contributed by atoms with van der Waals surface area (Å²) in [6.07, 6.45) is -3.59. The van der Waals surface area contributed by atoms with Crippen LogP contribution in [0.3, 0.4) is 0 Å². The van der Waals surface area contributed by atoms with E-state index in [0.717, 1.165) is 6.42 Å². The number of carbonyl (C=O) groups excluding carboxylic acids is 1. The van der Waals surface area contributed by atoms with E-state index in [0.29, 0.717) is 18.6 Å². The lowest BCUT2D eigenvalue weighted by Gasteiger charge is -2.17. The standard InChI is InChI=1S/C14H16F3NO3/c1-9(18-13(19)12-3-2-8-20-12)10-4-6-11(7-5-10)21-14(15,16)17/h4-7,9,12H,2-3,8H2,1H3,(H,18,19). The lowest BCUT2D eigenvalue weighted by molar-refractivity contribution is -0.274. The molecule has 2 atom stereocenters. The van der Waals surface area contributed by atoms with Crippen LogP contribution in [0.15, 0.2) is 24.3 Å². The van der Waals surface area contributed by atoms with Gasteiger partial charge in [0.2, 0.25) is 5.91 Å². The summed E-state index contributed by atoms with van der Waals surface area (Å²) in [6.45, 7) is 2.34. The molecular formula is C14H16F3NO3. The van der Waals surface area contributed by atoms with Gasteiger partial charge in [0.05, 0.1) is 6.04 Å². The van der Waals surface area contributed by atoms with Crippen molar-refractivity contribution >= 4 is 5.91 Å². The van der Waals surface area contributed by atoms with Gasteiger partial charge in [-0.25, -0.2) is 0 Å². The van der Waals surface area contributed by atoms with Crippen LogP contribution >= 0.6 is 0 Å². The van der Waals surface area contributed by atoms with E-state index in [-0.39, 0.29) is 17.7 Å². The summed E-state index contributed by atoms with van der Waals surface area (Å²) in [5, 5.41) is 2.78. The number of alkyl halides is 3. The molecule has 1 N–H and O–H groups in total. The minimum absolute atomic E-state index is 0.199. The third kappa shape index (κ3) is 4.63. The van der Waals surface area contributed by atoms with Gasteiger partial charge in [-0.2, -0.15) is 0 Å². The number of rotatable bonds is 4. The number of benzene rings is 1. The Labute approximate surface area is 120 Å². The number of nitrogens with one attached hydrogen (secondary N) is 1. The Morgan fingerprint density at radius 3 is 2.57 bits per heavy atom. The molecule has 0 aromatic heterocycles. The fraction of sp³-hybridized carbons (Fsp3) is 0.500. The fourth-order valence-electron chi connectivity index (χ4n) is 2.13. The van der Waals surface area contributed by atoms with Crippen molar-refractivity contribution in [2.45, 2.75) is 38.3 Å². The van der Waals surface area contributed by atoms with Gasteiger partial charge in [0.1, 0.15) is 11.9 Å². The molecule has 2 unspecified atom stereocenters. The molecule has 21 heavy (non-hydrogen) atoms. The third-order valence-corrected chi connectivity index (χ3v) is 3.19. The second kappa shape index (κ2) is 6.34. The van der Waals surface area contributed by atoms with Crippen LogP contribution in [0, 0.1) is 0 Å². The topological polar surface area (TPSA) is 47.6 Å². The molecule has 1 heterocycles. The highest BCUT2D eigenvalue weighted by atomic mass is 19.4. The summed E-state index contributed by atoms with van der Waals surface area (Å²) in [5.74, 6) is -0.487. The smallest absolute Gasteiger partial charge is 0.406 e. The lowest BCUT2D eigenvalue weighted by Crippen LogP contribution is -2.35. The number of hydrogen-bond acceptors (Lipinski definition) is 3. The van der Waals surface area contributed by atoms with Crippen molar-refractivity contribution in [1.82, 2.24) is 5.32 Å². The molecule has 0 bridgehead atoms. The fourth-order valence-corrected chi connectivity index (χ4v) is 2.13. The van der Waals surface area contributed by atoms with Crippen LogP contribution in [0.25, 0.3) is 0 Å². The third-order valence-electron chi connectivity index (χ3n) is 3.19. The molecule has 1 saturated heterocycles. The SMILES string of the molecule is CC(NC(=O)C1CCCO1)c1ccc(OC(F)(F)F)cc1. The molecule has 1 amide bonds. The van der Waals surface area contributed by atoms with E-state index in [2.05, 4.69) is 10.1 Å². The first-order valence-electron chi connectivity index (χ1n) is 6.63. The molecule has 1 aliphatic heterocycles. The van der Waals surface area contributed by atoms with E-state index in [1.807, 2.05) is 0 Å². The largest absolute Gasteiger partial charge is 0.573 e. The number of hydrogen-bond donors (Lipinski definition) is 1. The average Bonchev–Trinajstić information content (AvgIpc) is 2.91. The number of ether oxygens (including phenoxy) is 2. The first kappa shape index (κ1) is 15.6. The van der Waals surface area contributed by atoms with E-state index < -0.39 is 12.5 Å². The highest BCUT2D eigenvalue weighted by molar-refractivity contribution is 5.81. The minimum atomic E-state index is -4.71. The van der Waals surface area contributed by atoms with Crippen LogP contribution in [-0.2, 0) is 9.53 Å². The Balaban J connectivity index is 1.93. The summed E-state index contributed by atoms with van der Waals surface area (Å²) in [4.78, 5) is 11.9. The lowest BCUT2D eigenvalue weighted by atomic mass is 10.1. The van der Waals surface area contributed by atoms with Crippen LogP contribution in [0.2, 0.25) is 0 Å². The zero-order chi connectivity index (χ0) is 15.5. The van der Waals surface area contributed by atoms with Crippen molar-refractivity contribution in [2.75, 3.05) is 6.61 Å². The van der Waals surface area contributed by atoms with Crippen molar-refractivity contribution in [3.05, 3.63) is 29.8 Å². The van der Waals surface area contributed by atoms with Gasteiger partial charge in [-0.3, -0.25) is 4.79 Å². The second-order valence-electron chi connectivity index (χ2n) is 4.85. The summed E-state index contributed by atoms with van der Waals surface area (Å²) in [6, 6.07) is 5.10. The van der Waals surface area contributed by atoms with Crippen molar-refractivity contribution < 1.29 is 27.4 Å². The first-order valence-corrected chi connectivity index (χ1v) is 6.63. The Kier molecular flexibility index (Phi) is 4.72. The van der Waals surface area contributed by atoms with Crippen LogP contribution < -0.4 is 10.1 Å². The van der Waals surface area contributed by atoms with Gasteiger partial charge in [-0.15, -0.1) is 13.2 Å².